The number of aryl methyl sites for hydroxylation is 1. The van der Waals surface area contributed by atoms with Gasteiger partial charge in [-0.25, -0.2) is 0 Å². The maximum atomic E-state index is 12.9. The van der Waals surface area contributed by atoms with Crippen molar-refractivity contribution in [2.24, 2.45) is 0 Å². The molecule has 1 saturated heterocycles. The molecular formula is C19H25F3N4O. The fourth-order valence-electron chi connectivity index (χ4n) is 3.28. The normalized spacial score (nSPS) is 17.3. The van der Waals surface area contributed by atoms with Crippen molar-refractivity contribution in [3.8, 4) is 0 Å². The molecule has 1 aromatic heterocycles. The van der Waals surface area contributed by atoms with Crippen LogP contribution in [0.25, 0.3) is 0 Å². The number of anilines is 1. The lowest BCUT2D eigenvalue weighted by Gasteiger charge is -2.38. The van der Waals surface area contributed by atoms with Gasteiger partial charge in [0.05, 0.1) is 11.6 Å². The predicted octanol–water partition coefficient (Wildman–Crippen LogP) is 4.31. The molecule has 0 amide bonds. The molecule has 1 unspecified atom stereocenters. The molecule has 8 heteroatoms. The summed E-state index contributed by atoms with van der Waals surface area (Å²) in [6.45, 7) is 6.91. The van der Waals surface area contributed by atoms with E-state index in [1.807, 2.05) is 11.8 Å². The van der Waals surface area contributed by atoms with Crippen molar-refractivity contribution in [2.45, 2.75) is 45.3 Å². The summed E-state index contributed by atoms with van der Waals surface area (Å²) < 4.78 is 44.2. The summed E-state index contributed by atoms with van der Waals surface area (Å²) in [5.74, 6) is 1.34. The molecule has 1 aliphatic rings. The molecule has 0 aliphatic carbocycles. The van der Waals surface area contributed by atoms with Gasteiger partial charge in [0.2, 0.25) is 5.89 Å². The molecule has 1 aliphatic heterocycles. The van der Waals surface area contributed by atoms with Crippen LogP contribution in [-0.2, 0) is 12.6 Å². The first-order valence-corrected chi connectivity index (χ1v) is 9.37. The minimum absolute atomic E-state index is 0.00321. The first-order chi connectivity index (χ1) is 12.9. The number of unbranched alkanes of at least 4 members (excludes halogenated alkanes) is 1. The molecule has 0 bridgehead atoms. The van der Waals surface area contributed by atoms with Crippen LogP contribution in [0.2, 0.25) is 0 Å². The third-order valence-electron chi connectivity index (χ3n) is 5.00. The molecule has 3 rings (SSSR count). The number of hydrogen-bond donors (Lipinski definition) is 0. The number of benzene rings is 1. The number of aromatic nitrogens is 2. The molecule has 148 valence electrons. The van der Waals surface area contributed by atoms with Gasteiger partial charge in [0.1, 0.15) is 0 Å². The average Bonchev–Trinajstić information content (AvgIpc) is 3.14. The Morgan fingerprint density at radius 1 is 1.19 bits per heavy atom. The van der Waals surface area contributed by atoms with Crippen LogP contribution in [0.4, 0.5) is 18.9 Å². The summed E-state index contributed by atoms with van der Waals surface area (Å²) in [5.41, 5.74) is -0.00182. The van der Waals surface area contributed by atoms with Crippen LogP contribution in [0.5, 0.6) is 0 Å². The van der Waals surface area contributed by atoms with Crippen LogP contribution in [0.3, 0.4) is 0 Å². The Balaban J connectivity index is 1.59. The highest BCUT2D eigenvalue weighted by molar-refractivity contribution is 5.49. The first-order valence-electron chi connectivity index (χ1n) is 9.37. The highest BCUT2D eigenvalue weighted by Crippen LogP contribution is 2.32. The van der Waals surface area contributed by atoms with E-state index in [9.17, 15) is 13.2 Å². The number of rotatable bonds is 6. The second-order valence-corrected chi connectivity index (χ2v) is 6.90. The summed E-state index contributed by atoms with van der Waals surface area (Å²) in [6, 6.07) is 5.51. The molecule has 5 nitrogen and oxygen atoms in total. The van der Waals surface area contributed by atoms with Gasteiger partial charge in [-0.05, 0) is 31.5 Å². The number of alkyl halides is 3. The molecule has 2 heterocycles. The fourth-order valence-corrected chi connectivity index (χ4v) is 3.28. The smallest absolute Gasteiger partial charge is 0.369 e. The predicted molar refractivity (Wildman–Crippen MR) is 96.6 cm³/mol. The minimum Gasteiger partial charge on any atom is -0.369 e. The Bertz CT molecular complexity index is 739. The zero-order chi connectivity index (χ0) is 19.4. The van der Waals surface area contributed by atoms with Crippen molar-refractivity contribution < 1.29 is 17.7 Å². The molecule has 1 aromatic carbocycles. The van der Waals surface area contributed by atoms with Gasteiger partial charge in [-0.1, -0.05) is 24.6 Å². The van der Waals surface area contributed by atoms with Crippen molar-refractivity contribution in [2.75, 3.05) is 31.1 Å². The van der Waals surface area contributed by atoms with Gasteiger partial charge in [0.15, 0.2) is 5.82 Å². The van der Waals surface area contributed by atoms with Crippen molar-refractivity contribution in [3.63, 3.8) is 0 Å². The second kappa shape index (κ2) is 8.29. The van der Waals surface area contributed by atoms with E-state index in [-0.39, 0.29) is 6.04 Å². The van der Waals surface area contributed by atoms with E-state index >= 15 is 0 Å². The maximum Gasteiger partial charge on any atom is 0.416 e. The fraction of sp³-hybridized carbons (Fsp3) is 0.579. The van der Waals surface area contributed by atoms with E-state index in [0.717, 1.165) is 44.2 Å². The lowest BCUT2D eigenvalue weighted by Crippen LogP contribution is -2.47. The van der Waals surface area contributed by atoms with Crippen LogP contribution in [0.15, 0.2) is 28.8 Å². The van der Waals surface area contributed by atoms with E-state index in [1.54, 1.807) is 6.07 Å². The largest absolute Gasteiger partial charge is 0.416 e. The molecule has 0 spiro atoms. The summed E-state index contributed by atoms with van der Waals surface area (Å²) in [5, 5.41) is 4.04. The molecule has 0 radical (unpaired) electrons. The van der Waals surface area contributed by atoms with Crippen molar-refractivity contribution in [3.05, 3.63) is 41.5 Å². The number of piperazine rings is 1. The molecule has 0 saturated carbocycles. The molecule has 1 atom stereocenters. The van der Waals surface area contributed by atoms with Gasteiger partial charge in [-0.15, -0.1) is 0 Å². The van der Waals surface area contributed by atoms with Crippen molar-refractivity contribution >= 4 is 5.69 Å². The maximum absolute atomic E-state index is 12.9. The third kappa shape index (κ3) is 4.80. The Morgan fingerprint density at radius 2 is 1.93 bits per heavy atom. The highest BCUT2D eigenvalue weighted by Gasteiger charge is 2.31. The van der Waals surface area contributed by atoms with E-state index in [1.165, 1.54) is 12.1 Å². The molecule has 2 aromatic rings. The van der Waals surface area contributed by atoms with E-state index < -0.39 is 11.7 Å². The standard InChI is InChI=1S/C19H25F3N4O/c1-3-4-8-17-23-18(27-24-17)14(2)25-9-11-26(12-10-25)16-7-5-6-15(13-16)19(20,21)22/h5-7,13-14H,3-4,8-12H2,1-2H3. The van der Waals surface area contributed by atoms with E-state index in [4.69, 9.17) is 4.52 Å². The number of halogens is 3. The topological polar surface area (TPSA) is 45.4 Å². The van der Waals surface area contributed by atoms with Crippen LogP contribution < -0.4 is 4.90 Å². The lowest BCUT2D eigenvalue weighted by atomic mass is 10.1. The lowest BCUT2D eigenvalue weighted by molar-refractivity contribution is -0.137. The van der Waals surface area contributed by atoms with Crippen molar-refractivity contribution in [1.82, 2.24) is 15.0 Å². The quantitative estimate of drug-likeness (QED) is 0.745. The summed E-state index contributed by atoms with van der Waals surface area (Å²) >= 11 is 0. The second-order valence-electron chi connectivity index (χ2n) is 6.90. The summed E-state index contributed by atoms with van der Waals surface area (Å²) in [7, 11) is 0. The van der Waals surface area contributed by atoms with Gasteiger partial charge in [-0.2, -0.15) is 18.2 Å². The Hall–Kier alpha value is -2.09. The third-order valence-corrected chi connectivity index (χ3v) is 5.00. The van der Waals surface area contributed by atoms with Gasteiger partial charge >= 0.3 is 6.18 Å². The van der Waals surface area contributed by atoms with Gasteiger partial charge in [0, 0.05) is 38.3 Å². The van der Waals surface area contributed by atoms with Crippen LogP contribution in [0.1, 0.15) is 50.0 Å². The van der Waals surface area contributed by atoms with Crippen molar-refractivity contribution in [1.29, 1.82) is 0 Å². The Labute approximate surface area is 157 Å². The first kappa shape index (κ1) is 19.7. The number of hydrogen-bond acceptors (Lipinski definition) is 5. The Morgan fingerprint density at radius 3 is 2.59 bits per heavy atom. The SMILES string of the molecule is CCCCc1noc(C(C)N2CCN(c3cccc(C(F)(F)F)c3)CC2)n1. The van der Waals surface area contributed by atoms with E-state index in [0.29, 0.717) is 24.7 Å². The van der Waals surface area contributed by atoms with Crippen LogP contribution >= 0.6 is 0 Å². The van der Waals surface area contributed by atoms with Crippen LogP contribution in [0, 0.1) is 0 Å². The zero-order valence-electron chi connectivity index (χ0n) is 15.7. The van der Waals surface area contributed by atoms with Gasteiger partial charge < -0.3 is 9.42 Å². The molecule has 27 heavy (non-hydrogen) atoms. The Kier molecular flexibility index (Phi) is 6.04. The monoisotopic (exact) mass is 382 g/mol. The molecule has 1 fully saturated rings. The summed E-state index contributed by atoms with van der Waals surface area (Å²) in [4.78, 5) is 8.69. The van der Waals surface area contributed by atoms with Crippen LogP contribution in [-0.4, -0.2) is 41.2 Å². The highest BCUT2D eigenvalue weighted by atomic mass is 19.4. The zero-order valence-corrected chi connectivity index (χ0v) is 15.7. The average molecular weight is 382 g/mol. The van der Waals surface area contributed by atoms with Gasteiger partial charge in [0.25, 0.3) is 0 Å². The number of nitrogens with zero attached hydrogens (tertiary/aromatic N) is 4. The van der Waals surface area contributed by atoms with Gasteiger partial charge in [-0.3, -0.25) is 4.90 Å². The summed E-state index contributed by atoms with van der Waals surface area (Å²) in [6.07, 6.45) is -1.39. The van der Waals surface area contributed by atoms with E-state index in [2.05, 4.69) is 22.0 Å². The molecular weight excluding hydrogens is 357 g/mol. The molecule has 0 N–H and O–H groups in total. The minimum atomic E-state index is -4.32.